The summed E-state index contributed by atoms with van der Waals surface area (Å²) in [6, 6.07) is 10.9. The van der Waals surface area contributed by atoms with Gasteiger partial charge in [-0.3, -0.25) is 0 Å². The molecule has 0 aliphatic carbocycles. The van der Waals surface area contributed by atoms with Gasteiger partial charge in [-0.1, -0.05) is 82.7 Å². The first-order chi connectivity index (χ1) is 14.2. The molecule has 1 aromatic rings. The number of benzene rings is 1. The summed E-state index contributed by atoms with van der Waals surface area (Å²) in [5.41, 5.74) is 1.39. The molecule has 168 valence electrons. The Kier molecular flexibility index (Phi) is 14.3. The molecule has 1 aromatic carbocycles. The Morgan fingerprint density at radius 3 is 1.79 bits per heavy atom. The lowest BCUT2D eigenvalue weighted by Gasteiger charge is -2.43. The predicted molar refractivity (Wildman–Crippen MR) is 123 cm³/mol. The highest BCUT2D eigenvalue weighted by Crippen LogP contribution is 2.39. The van der Waals surface area contributed by atoms with Crippen LogP contribution in [-0.2, 0) is 20.6 Å². The van der Waals surface area contributed by atoms with Crippen molar-refractivity contribution >= 4 is 0 Å². The summed E-state index contributed by atoms with van der Waals surface area (Å²) in [7, 11) is 0. The van der Waals surface area contributed by atoms with E-state index < -0.39 is 5.97 Å². The molecule has 0 fully saturated rings. The zero-order valence-electron chi connectivity index (χ0n) is 19.8. The van der Waals surface area contributed by atoms with E-state index in [1.54, 1.807) is 0 Å². The van der Waals surface area contributed by atoms with Gasteiger partial charge in [-0.15, -0.1) is 0 Å². The molecule has 0 radical (unpaired) electrons. The van der Waals surface area contributed by atoms with E-state index in [9.17, 15) is 0 Å². The Bertz CT molecular complexity index is 471. The Balaban J connectivity index is 3.11. The Morgan fingerprint density at radius 1 is 0.690 bits per heavy atom. The van der Waals surface area contributed by atoms with Gasteiger partial charge in [-0.25, -0.2) is 0 Å². The molecule has 0 heterocycles. The molecule has 0 N–H and O–H groups in total. The topological polar surface area (TPSA) is 27.7 Å². The van der Waals surface area contributed by atoms with Gasteiger partial charge in [0.15, 0.2) is 0 Å². The quantitative estimate of drug-likeness (QED) is 0.188. The maximum Gasteiger partial charge on any atom is 0.286 e. The van der Waals surface area contributed by atoms with Crippen molar-refractivity contribution in [1.82, 2.24) is 0 Å². The fourth-order valence-electron chi connectivity index (χ4n) is 4.43. The third-order valence-corrected chi connectivity index (χ3v) is 5.68. The minimum absolute atomic E-state index is 0.221. The summed E-state index contributed by atoms with van der Waals surface area (Å²) in [5.74, 6) is -0.237. The average molecular weight is 407 g/mol. The number of rotatable bonds is 18. The molecule has 0 aliphatic heterocycles. The Labute approximate surface area is 180 Å². The van der Waals surface area contributed by atoms with Crippen LogP contribution in [0.3, 0.4) is 0 Å². The number of hydrogen-bond acceptors (Lipinski definition) is 3. The van der Waals surface area contributed by atoms with E-state index in [0.29, 0.717) is 25.7 Å². The first kappa shape index (κ1) is 26.1. The highest BCUT2D eigenvalue weighted by molar-refractivity contribution is 5.15. The van der Waals surface area contributed by atoms with E-state index in [4.69, 9.17) is 14.2 Å². The van der Waals surface area contributed by atoms with Crippen molar-refractivity contribution in [1.29, 1.82) is 0 Å². The van der Waals surface area contributed by atoms with Gasteiger partial charge >= 0.3 is 0 Å². The molecule has 1 rings (SSSR count). The summed E-state index contributed by atoms with van der Waals surface area (Å²) in [5, 5.41) is 0. The van der Waals surface area contributed by atoms with Crippen LogP contribution in [0.1, 0.15) is 91.5 Å². The van der Waals surface area contributed by atoms with Crippen LogP contribution < -0.4 is 0 Å². The van der Waals surface area contributed by atoms with Crippen LogP contribution in [0.25, 0.3) is 0 Å². The molecule has 3 heteroatoms. The fraction of sp³-hybridized carbons (Fsp3) is 0.769. The summed E-state index contributed by atoms with van der Waals surface area (Å²) in [6.45, 7) is 12.4. The first-order valence-electron chi connectivity index (χ1n) is 12.1. The Hall–Kier alpha value is -0.900. The van der Waals surface area contributed by atoms with Crippen molar-refractivity contribution in [2.24, 2.45) is 11.8 Å². The van der Waals surface area contributed by atoms with Gasteiger partial charge in [0.25, 0.3) is 5.97 Å². The second-order valence-corrected chi connectivity index (χ2v) is 7.95. The first-order valence-corrected chi connectivity index (χ1v) is 12.1. The molecule has 0 aromatic heterocycles. The molecule has 0 saturated heterocycles. The second-order valence-electron chi connectivity index (χ2n) is 7.95. The lowest BCUT2D eigenvalue weighted by molar-refractivity contribution is -0.408. The third kappa shape index (κ3) is 9.19. The molecule has 0 bridgehead atoms. The second kappa shape index (κ2) is 15.9. The predicted octanol–water partition coefficient (Wildman–Crippen LogP) is 7.39. The standard InChI is InChI=1S/C26H46O3/c1-6-11-12-13-17-21-24(22-23-19-15-14-16-20-23)25(18-7-2)26(27-8-3,28-9-4)29-10-5/h14-16,19-20,24-25H,6-13,17-18,21-22H2,1-5H3. The highest BCUT2D eigenvalue weighted by atomic mass is 16.9. The molecule has 29 heavy (non-hydrogen) atoms. The molecule has 2 atom stereocenters. The summed E-state index contributed by atoms with van der Waals surface area (Å²) in [6.07, 6.45) is 10.9. The van der Waals surface area contributed by atoms with Gasteiger partial charge in [0.2, 0.25) is 0 Å². The van der Waals surface area contributed by atoms with E-state index in [-0.39, 0.29) is 5.92 Å². The zero-order chi connectivity index (χ0) is 21.4. The lowest BCUT2D eigenvalue weighted by Crippen LogP contribution is -2.50. The minimum atomic E-state index is -0.933. The maximum atomic E-state index is 6.24. The van der Waals surface area contributed by atoms with E-state index in [1.807, 2.05) is 20.8 Å². The van der Waals surface area contributed by atoms with Gasteiger partial charge in [0.1, 0.15) is 0 Å². The summed E-state index contributed by atoms with van der Waals surface area (Å²) >= 11 is 0. The van der Waals surface area contributed by atoms with E-state index in [1.165, 1.54) is 44.1 Å². The molecular weight excluding hydrogens is 360 g/mol. The molecule has 3 nitrogen and oxygen atoms in total. The number of ether oxygens (including phenoxy) is 3. The van der Waals surface area contributed by atoms with Crippen LogP contribution >= 0.6 is 0 Å². The van der Waals surface area contributed by atoms with Gasteiger partial charge in [0, 0.05) is 25.7 Å². The van der Waals surface area contributed by atoms with Crippen LogP contribution in [0.4, 0.5) is 0 Å². The van der Waals surface area contributed by atoms with Crippen molar-refractivity contribution in [2.45, 2.75) is 98.4 Å². The number of hydrogen-bond donors (Lipinski definition) is 0. The van der Waals surface area contributed by atoms with Crippen LogP contribution in [0.15, 0.2) is 30.3 Å². The van der Waals surface area contributed by atoms with Gasteiger partial charge in [-0.2, -0.15) is 0 Å². The minimum Gasteiger partial charge on any atom is -0.328 e. The summed E-state index contributed by atoms with van der Waals surface area (Å²) in [4.78, 5) is 0. The molecule has 0 amide bonds. The number of unbranched alkanes of at least 4 members (excludes halogenated alkanes) is 4. The summed E-state index contributed by atoms with van der Waals surface area (Å²) < 4.78 is 18.7. The van der Waals surface area contributed by atoms with Crippen LogP contribution in [0.5, 0.6) is 0 Å². The lowest BCUT2D eigenvalue weighted by atomic mass is 9.78. The third-order valence-electron chi connectivity index (χ3n) is 5.68. The average Bonchev–Trinajstić information content (AvgIpc) is 2.72. The smallest absolute Gasteiger partial charge is 0.286 e. The normalized spacial score (nSPS) is 14.1. The van der Waals surface area contributed by atoms with Crippen molar-refractivity contribution in [3.63, 3.8) is 0 Å². The van der Waals surface area contributed by atoms with E-state index >= 15 is 0 Å². The van der Waals surface area contributed by atoms with Crippen LogP contribution in [-0.4, -0.2) is 25.8 Å². The van der Waals surface area contributed by atoms with Gasteiger partial charge in [0.05, 0.1) is 0 Å². The monoisotopic (exact) mass is 406 g/mol. The fourth-order valence-corrected chi connectivity index (χ4v) is 4.43. The SMILES string of the molecule is CCCCCCCC(Cc1ccccc1)C(CCC)C(OCC)(OCC)OCC. The van der Waals surface area contributed by atoms with Gasteiger partial charge < -0.3 is 14.2 Å². The van der Waals surface area contributed by atoms with Crippen molar-refractivity contribution in [2.75, 3.05) is 19.8 Å². The Morgan fingerprint density at radius 2 is 1.28 bits per heavy atom. The molecule has 0 spiro atoms. The van der Waals surface area contributed by atoms with Crippen molar-refractivity contribution < 1.29 is 14.2 Å². The maximum absolute atomic E-state index is 6.24. The molecule has 0 aliphatic rings. The molecule has 0 saturated carbocycles. The largest absolute Gasteiger partial charge is 0.328 e. The van der Waals surface area contributed by atoms with Crippen LogP contribution in [0, 0.1) is 11.8 Å². The van der Waals surface area contributed by atoms with E-state index in [0.717, 1.165) is 19.3 Å². The van der Waals surface area contributed by atoms with Crippen molar-refractivity contribution in [3.8, 4) is 0 Å². The van der Waals surface area contributed by atoms with Gasteiger partial charge in [-0.05, 0) is 51.5 Å². The molecular formula is C26H46O3. The van der Waals surface area contributed by atoms with E-state index in [2.05, 4.69) is 44.2 Å². The van der Waals surface area contributed by atoms with Crippen molar-refractivity contribution in [3.05, 3.63) is 35.9 Å². The highest BCUT2D eigenvalue weighted by Gasteiger charge is 2.45. The van der Waals surface area contributed by atoms with Crippen LogP contribution in [0.2, 0.25) is 0 Å². The molecule has 2 unspecified atom stereocenters. The zero-order valence-corrected chi connectivity index (χ0v) is 19.8.